The molecule has 0 spiro atoms. The quantitative estimate of drug-likeness (QED) is 0.664. The van der Waals surface area contributed by atoms with Crippen LogP contribution in [0.25, 0.3) is 11.1 Å². The lowest BCUT2D eigenvalue weighted by molar-refractivity contribution is -0.155. The van der Waals surface area contributed by atoms with Crippen LogP contribution in [0.1, 0.15) is 51.7 Å². The van der Waals surface area contributed by atoms with Crippen molar-refractivity contribution in [3.05, 3.63) is 41.7 Å². The fourth-order valence-electron chi connectivity index (χ4n) is 3.37. The van der Waals surface area contributed by atoms with Gasteiger partial charge in [0, 0.05) is 30.8 Å². The van der Waals surface area contributed by atoms with Gasteiger partial charge in [-0.05, 0) is 58.6 Å². The molecular weight excluding hydrogens is 366 g/mol. The van der Waals surface area contributed by atoms with Crippen molar-refractivity contribution in [2.24, 2.45) is 5.92 Å². The molecule has 0 radical (unpaired) electrons. The number of rotatable bonds is 7. The van der Waals surface area contributed by atoms with Crippen LogP contribution in [0.15, 0.2) is 30.6 Å². The van der Waals surface area contributed by atoms with Crippen LogP contribution in [0, 0.1) is 12.8 Å². The van der Waals surface area contributed by atoms with E-state index in [-0.39, 0.29) is 24.3 Å². The molecule has 1 amide bonds. The maximum Gasteiger partial charge on any atom is 0.328 e. The Bertz CT molecular complexity index is 891. The maximum atomic E-state index is 12.6. The second-order valence-electron chi connectivity index (χ2n) is 8.80. The van der Waals surface area contributed by atoms with Crippen LogP contribution < -0.4 is 0 Å². The van der Waals surface area contributed by atoms with Crippen LogP contribution >= 0.6 is 0 Å². The third-order valence-electron chi connectivity index (χ3n) is 4.90. The Hall–Kier alpha value is -2.63. The van der Waals surface area contributed by atoms with Gasteiger partial charge in [0.05, 0.1) is 6.20 Å². The Morgan fingerprint density at radius 1 is 1.28 bits per heavy atom. The van der Waals surface area contributed by atoms with Gasteiger partial charge in [0.1, 0.15) is 12.1 Å². The topological polar surface area (TPSA) is 64.4 Å². The minimum atomic E-state index is -0.519. The zero-order valence-electron chi connectivity index (χ0n) is 18.1. The lowest BCUT2D eigenvalue weighted by Gasteiger charge is -2.22. The first kappa shape index (κ1) is 21.1. The number of hydrogen-bond donors (Lipinski definition) is 0. The molecule has 6 heteroatoms. The van der Waals surface area contributed by atoms with Gasteiger partial charge in [0.15, 0.2) is 0 Å². The molecule has 1 heterocycles. The number of carbonyl (C=O) groups is 2. The highest BCUT2D eigenvalue weighted by molar-refractivity contribution is 5.81. The molecule has 1 aliphatic rings. The average molecular weight is 398 g/mol. The van der Waals surface area contributed by atoms with Crippen LogP contribution in [0.3, 0.4) is 0 Å². The van der Waals surface area contributed by atoms with Gasteiger partial charge in [-0.15, -0.1) is 0 Å². The van der Waals surface area contributed by atoms with E-state index in [1.807, 2.05) is 38.8 Å². The highest BCUT2D eigenvalue weighted by Gasteiger charge is 2.33. The molecule has 3 rings (SSSR count). The largest absolute Gasteiger partial charge is 0.459 e. The molecule has 0 aliphatic heterocycles. The molecular formula is C23H31N3O3. The Morgan fingerprint density at radius 3 is 2.62 bits per heavy atom. The van der Waals surface area contributed by atoms with Crippen molar-refractivity contribution in [1.29, 1.82) is 0 Å². The molecule has 1 aromatic carbocycles. The highest BCUT2D eigenvalue weighted by atomic mass is 16.6. The molecule has 2 aromatic rings. The van der Waals surface area contributed by atoms with Crippen molar-refractivity contribution in [3.8, 4) is 11.1 Å². The van der Waals surface area contributed by atoms with E-state index >= 15 is 0 Å². The van der Waals surface area contributed by atoms with Crippen LogP contribution in [0.5, 0.6) is 0 Å². The summed E-state index contributed by atoms with van der Waals surface area (Å²) in [5, 5.41) is 4.33. The Morgan fingerprint density at radius 2 is 2.00 bits per heavy atom. The van der Waals surface area contributed by atoms with E-state index in [1.165, 1.54) is 0 Å². The van der Waals surface area contributed by atoms with Gasteiger partial charge in [0.25, 0.3) is 0 Å². The lowest BCUT2D eigenvalue weighted by Crippen LogP contribution is -2.31. The van der Waals surface area contributed by atoms with Crippen LogP contribution in [-0.4, -0.2) is 38.7 Å². The third-order valence-corrected chi connectivity index (χ3v) is 4.90. The van der Waals surface area contributed by atoms with Gasteiger partial charge in [-0.3, -0.25) is 14.3 Å². The summed E-state index contributed by atoms with van der Waals surface area (Å²) in [6.07, 6.45) is 5.63. The summed E-state index contributed by atoms with van der Waals surface area (Å²) in [6, 6.07) is 6.25. The minimum absolute atomic E-state index is 0.0692. The first-order valence-electron chi connectivity index (χ1n) is 10.3. The maximum absolute atomic E-state index is 12.6. The summed E-state index contributed by atoms with van der Waals surface area (Å²) in [4.78, 5) is 26.6. The van der Waals surface area contributed by atoms with E-state index in [0.29, 0.717) is 13.1 Å². The average Bonchev–Trinajstić information content (AvgIpc) is 3.38. The highest BCUT2D eigenvalue weighted by Crippen LogP contribution is 2.32. The predicted molar refractivity (Wildman–Crippen MR) is 112 cm³/mol. The first-order chi connectivity index (χ1) is 13.7. The van der Waals surface area contributed by atoms with Crippen molar-refractivity contribution in [3.63, 3.8) is 0 Å². The second kappa shape index (κ2) is 8.39. The number of ether oxygens (including phenoxy) is 1. The van der Waals surface area contributed by atoms with E-state index in [9.17, 15) is 9.59 Å². The normalized spacial score (nSPS) is 14.0. The number of benzene rings is 1. The molecule has 1 aliphatic carbocycles. The van der Waals surface area contributed by atoms with Crippen molar-refractivity contribution < 1.29 is 14.3 Å². The molecule has 6 nitrogen and oxygen atoms in total. The van der Waals surface area contributed by atoms with Crippen LogP contribution in [0.4, 0.5) is 0 Å². The van der Waals surface area contributed by atoms with Crippen molar-refractivity contribution in [2.45, 2.75) is 66.2 Å². The Labute approximate surface area is 172 Å². The lowest BCUT2D eigenvalue weighted by atomic mass is 9.99. The van der Waals surface area contributed by atoms with Gasteiger partial charge in [-0.25, -0.2) is 0 Å². The molecule has 0 unspecified atom stereocenters. The van der Waals surface area contributed by atoms with Crippen molar-refractivity contribution in [1.82, 2.24) is 14.7 Å². The van der Waals surface area contributed by atoms with E-state index in [2.05, 4.69) is 30.2 Å². The van der Waals surface area contributed by atoms with Crippen LogP contribution in [0.2, 0.25) is 0 Å². The Kier molecular flexibility index (Phi) is 6.10. The van der Waals surface area contributed by atoms with Gasteiger partial charge >= 0.3 is 5.97 Å². The molecule has 29 heavy (non-hydrogen) atoms. The van der Waals surface area contributed by atoms with Gasteiger partial charge in [-0.2, -0.15) is 5.10 Å². The third kappa shape index (κ3) is 5.68. The van der Waals surface area contributed by atoms with Gasteiger partial charge in [-0.1, -0.05) is 23.8 Å². The predicted octanol–water partition coefficient (Wildman–Crippen LogP) is 3.96. The standard InChI is InChI=1S/C23H31N3O3/c1-6-25(22(28)17-8-9-17)13-18-11-16(2)7-10-20(18)19-12-24-26(14-19)15-21(27)29-23(3,4)5/h7,10-12,14,17H,6,8-9,13,15H2,1-5H3. The van der Waals surface area contributed by atoms with E-state index in [0.717, 1.165) is 35.1 Å². The van der Waals surface area contributed by atoms with Gasteiger partial charge < -0.3 is 9.64 Å². The summed E-state index contributed by atoms with van der Waals surface area (Å²) >= 11 is 0. The molecule has 156 valence electrons. The summed E-state index contributed by atoms with van der Waals surface area (Å²) in [5.41, 5.74) is 3.69. The molecule has 1 fully saturated rings. The fourth-order valence-corrected chi connectivity index (χ4v) is 3.37. The molecule has 1 saturated carbocycles. The van der Waals surface area contributed by atoms with Crippen LogP contribution in [-0.2, 0) is 27.4 Å². The smallest absolute Gasteiger partial charge is 0.328 e. The fraction of sp³-hybridized carbons (Fsp3) is 0.522. The van der Waals surface area contributed by atoms with E-state index < -0.39 is 5.60 Å². The summed E-state index contributed by atoms with van der Waals surface area (Å²) in [7, 11) is 0. The van der Waals surface area contributed by atoms with E-state index in [1.54, 1.807) is 10.9 Å². The number of aryl methyl sites for hydroxylation is 1. The summed E-state index contributed by atoms with van der Waals surface area (Å²) in [5.74, 6) is 0.142. The molecule has 1 aromatic heterocycles. The summed E-state index contributed by atoms with van der Waals surface area (Å²) < 4.78 is 6.97. The summed E-state index contributed by atoms with van der Waals surface area (Å²) in [6.45, 7) is 11.0. The molecule has 0 atom stereocenters. The monoisotopic (exact) mass is 397 g/mol. The SMILES string of the molecule is CCN(Cc1cc(C)ccc1-c1cnn(CC(=O)OC(C)(C)C)c1)C(=O)C1CC1. The molecule has 0 N–H and O–H groups in total. The zero-order valence-corrected chi connectivity index (χ0v) is 18.1. The number of hydrogen-bond acceptors (Lipinski definition) is 4. The first-order valence-corrected chi connectivity index (χ1v) is 10.3. The van der Waals surface area contributed by atoms with Gasteiger partial charge in [0.2, 0.25) is 5.91 Å². The minimum Gasteiger partial charge on any atom is -0.459 e. The Balaban J connectivity index is 1.79. The van der Waals surface area contributed by atoms with Crippen molar-refractivity contribution in [2.75, 3.05) is 6.54 Å². The number of carbonyl (C=O) groups excluding carboxylic acids is 2. The molecule has 0 saturated heterocycles. The van der Waals surface area contributed by atoms with Crippen molar-refractivity contribution >= 4 is 11.9 Å². The molecule has 0 bridgehead atoms. The number of esters is 1. The van der Waals surface area contributed by atoms with E-state index in [4.69, 9.17) is 4.74 Å². The number of nitrogens with zero attached hydrogens (tertiary/aromatic N) is 3. The second-order valence-corrected chi connectivity index (χ2v) is 8.80. The number of aromatic nitrogens is 2. The zero-order chi connectivity index (χ0) is 21.2. The number of amides is 1.